The fourth-order valence-corrected chi connectivity index (χ4v) is 1.71. The Balaban J connectivity index is 2.79. The molecule has 8 N–H and O–H groups in total. The van der Waals surface area contributed by atoms with Gasteiger partial charge in [-0.05, 0) is 6.42 Å². The third-order valence-corrected chi connectivity index (χ3v) is 2.70. The van der Waals surface area contributed by atoms with Crippen LogP contribution in [0.4, 0.5) is 0 Å². The molecule has 0 amide bonds. The predicted octanol–water partition coefficient (Wildman–Crippen LogP) is -0.333. The number of amidine groups is 1. The molecule has 1 rings (SSSR count). The first-order valence-electron chi connectivity index (χ1n) is 5.44. The van der Waals surface area contributed by atoms with Crippen LogP contribution < -0.4 is 22.5 Å². The van der Waals surface area contributed by atoms with Gasteiger partial charge in [0.15, 0.2) is 5.84 Å². The number of aliphatic hydroxyl groups is 1. The standard InChI is InChI=1S/C11H18ClN5O/c1-6(13)16-11(9(14)10(12)15)17-8-3-2-7(4-8)5-18/h2-3,7-8,18H,1,4-5,13-15H2,(H,16,17)/b10-9+/t7-,8+/m1/s1. The number of halogens is 1. The van der Waals surface area contributed by atoms with E-state index < -0.39 is 0 Å². The summed E-state index contributed by atoms with van der Waals surface area (Å²) in [5.74, 6) is 0.505. The third-order valence-electron chi connectivity index (χ3n) is 2.50. The van der Waals surface area contributed by atoms with Gasteiger partial charge in [-0.15, -0.1) is 0 Å². The van der Waals surface area contributed by atoms with E-state index in [1.54, 1.807) is 0 Å². The number of aliphatic imine (C=N–C) groups is 1. The maximum Gasteiger partial charge on any atom is 0.155 e. The molecule has 0 fully saturated rings. The molecule has 6 nitrogen and oxygen atoms in total. The van der Waals surface area contributed by atoms with Gasteiger partial charge in [0.25, 0.3) is 0 Å². The highest BCUT2D eigenvalue weighted by molar-refractivity contribution is 6.31. The number of nitrogens with one attached hydrogen (secondary N) is 1. The zero-order valence-electron chi connectivity index (χ0n) is 9.94. The van der Waals surface area contributed by atoms with Crippen LogP contribution in [0, 0.1) is 5.92 Å². The van der Waals surface area contributed by atoms with Crippen LogP contribution in [0.5, 0.6) is 0 Å². The first-order chi connectivity index (χ1) is 8.43. The normalized spacial score (nSPS) is 24.9. The second-order valence-corrected chi connectivity index (χ2v) is 4.43. The van der Waals surface area contributed by atoms with Gasteiger partial charge in [0.2, 0.25) is 0 Å². The van der Waals surface area contributed by atoms with E-state index in [9.17, 15) is 0 Å². The van der Waals surface area contributed by atoms with Crippen molar-refractivity contribution in [2.24, 2.45) is 28.1 Å². The summed E-state index contributed by atoms with van der Waals surface area (Å²) < 4.78 is 0. The number of nitrogens with zero attached hydrogens (tertiary/aromatic N) is 1. The zero-order chi connectivity index (χ0) is 13.7. The maximum absolute atomic E-state index is 9.04. The summed E-state index contributed by atoms with van der Waals surface area (Å²) in [7, 11) is 0. The molecule has 0 saturated carbocycles. The van der Waals surface area contributed by atoms with Gasteiger partial charge in [0, 0.05) is 18.6 Å². The van der Waals surface area contributed by atoms with Gasteiger partial charge in [-0.3, -0.25) is 0 Å². The number of rotatable bonds is 4. The van der Waals surface area contributed by atoms with Crippen molar-refractivity contribution in [3.63, 3.8) is 0 Å². The molecule has 100 valence electrons. The molecule has 0 saturated heterocycles. The summed E-state index contributed by atoms with van der Waals surface area (Å²) in [6.45, 7) is 3.58. The second kappa shape index (κ2) is 6.32. The molecule has 1 aliphatic rings. The van der Waals surface area contributed by atoms with Crippen molar-refractivity contribution in [1.29, 1.82) is 0 Å². The Morgan fingerprint density at radius 2 is 2.11 bits per heavy atom. The molecular weight excluding hydrogens is 254 g/mol. The number of nitrogens with two attached hydrogens (primary N) is 3. The van der Waals surface area contributed by atoms with Gasteiger partial charge in [-0.1, -0.05) is 30.3 Å². The molecule has 0 bridgehead atoms. The lowest BCUT2D eigenvalue weighted by molar-refractivity contribution is 0.248. The van der Waals surface area contributed by atoms with E-state index in [2.05, 4.69) is 16.9 Å². The number of hydrogen-bond donors (Lipinski definition) is 5. The smallest absolute Gasteiger partial charge is 0.155 e. The average molecular weight is 272 g/mol. The molecule has 7 heteroatoms. The van der Waals surface area contributed by atoms with Gasteiger partial charge >= 0.3 is 0 Å². The Labute approximate surface area is 111 Å². The van der Waals surface area contributed by atoms with Crippen molar-refractivity contribution in [1.82, 2.24) is 5.32 Å². The summed E-state index contributed by atoms with van der Waals surface area (Å²) in [6, 6.07) is -0.00480. The Hall–Kier alpha value is -1.66. The topological polar surface area (TPSA) is 123 Å². The maximum atomic E-state index is 9.04. The lowest BCUT2D eigenvalue weighted by Crippen LogP contribution is -2.37. The minimum absolute atomic E-state index is 0.00480. The van der Waals surface area contributed by atoms with Crippen molar-refractivity contribution in [2.45, 2.75) is 12.5 Å². The van der Waals surface area contributed by atoms with Crippen molar-refractivity contribution < 1.29 is 5.11 Å². The van der Waals surface area contributed by atoms with E-state index in [4.69, 9.17) is 33.9 Å². The number of aliphatic hydroxyl groups excluding tert-OH is 1. The SMILES string of the molecule is C=C(N)/N=C(N[C@H]1C=C[C@@H](CO)C1)\C(N)=C(/N)Cl. The van der Waals surface area contributed by atoms with Crippen LogP contribution >= 0.6 is 11.6 Å². The molecule has 0 unspecified atom stereocenters. The lowest BCUT2D eigenvalue weighted by atomic mass is 10.1. The molecule has 0 aromatic rings. The van der Waals surface area contributed by atoms with Crippen LogP contribution in [0.2, 0.25) is 0 Å². The van der Waals surface area contributed by atoms with E-state index in [0.717, 1.165) is 6.42 Å². The zero-order valence-corrected chi connectivity index (χ0v) is 10.7. The molecule has 2 atom stereocenters. The van der Waals surface area contributed by atoms with E-state index >= 15 is 0 Å². The van der Waals surface area contributed by atoms with Crippen molar-refractivity contribution in [2.75, 3.05) is 6.61 Å². The van der Waals surface area contributed by atoms with Gasteiger partial charge in [-0.25, -0.2) is 4.99 Å². The van der Waals surface area contributed by atoms with Gasteiger partial charge in [0.05, 0.1) is 0 Å². The van der Waals surface area contributed by atoms with E-state index in [0.29, 0.717) is 0 Å². The highest BCUT2D eigenvalue weighted by Crippen LogP contribution is 2.17. The molecule has 0 radical (unpaired) electrons. The predicted molar refractivity (Wildman–Crippen MR) is 73.3 cm³/mol. The van der Waals surface area contributed by atoms with Crippen LogP contribution in [0.3, 0.4) is 0 Å². The highest BCUT2D eigenvalue weighted by Gasteiger charge is 2.20. The Bertz CT molecular complexity index is 412. The fourth-order valence-electron chi connectivity index (χ4n) is 1.62. The van der Waals surface area contributed by atoms with Gasteiger partial charge in [0.1, 0.15) is 16.7 Å². The number of hydrogen-bond acceptors (Lipinski definition) is 5. The first-order valence-corrected chi connectivity index (χ1v) is 5.81. The van der Waals surface area contributed by atoms with Crippen LogP contribution in [0.25, 0.3) is 0 Å². The van der Waals surface area contributed by atoms with Crippen LogP contribution in [0.15, 0.2) is 40.4 Å². The Kier molecular flexibility index (Phi) is 5.06. The molecule has 0 aliphatic heterocycles. The van der Waals surface area contributed by atoms with E-state index in [-0.39, 0.29) is 41.1 Å². The van der Waals surface area contributed by atoms with Crippen molar-refractivity contribution >= 4 is 17.4 Å². The summed E-state index contributed by atoms with van der Waals surface area (Å²) in [4.78, 5) is 3.96. The van der Waals surface area contributed by atoms with Crippen LogP contribution in [0.1, 0.15) is 6.42 Å². The summed E-state index contributed by atoms with van der Waals surface area (Å²) >= 11 is 5.63. The van der Waals surface area contributed by atoms with Crippen molar-refractivity contribution in [3.8, 4) is 0 Å². The third kappa shape index (κ3) is 3.97. The van der Waals surface area contributed by atoms with Crippen LogP contribution in [-0.4, -0.2) is 23.6 Å². The second-order valence-electron chi connectivity index (χ2n) is 4.03. The highest BCUT2D eigenvalue weighted by atomic mass is 35.5. The largest absolute Gasteiger partial charge is 0.396 e. The minimum atomic E-state index is -0.0665. The van der Waals surface area contributed by atoms with Crippen molar-refractivity contribution in [3.05, 3.63) is 35.4 Å². The average Bonchev–Trinajstić information content (AvgIpc) is 2.74. The molecular formula is C11H18ClN5O. The lowest BCUT2D eigenvalue weighted by Gasteiger charge is -2.16. The Morgan fingerprint density at radius 3 is 2.56 bits per heavy atom. The molecule has 1 aliphatic carbocycles. The summed E-state index contributed by atoms with van der Waals surface area (Å²) in [5.41, 5.74) is 16.7. The Morgan fingerprint density at radius 1 is 1.44 bits per heavy atom. The van der Waals surface area contributed by atoms with E-state index in [1.165, 1.54) is 0 Å². The van der Waals surface area contributed by atoms with E-state index in [1.807, 2.05) is 12.2 Å². The monoisotopic (exact) mass is 271 g/mol. The molecule has 0 spiro atoms. The minimum Gasteiger partial charge on any atom is -0.396 e. The van der Waals surface area contributed by atoms with Crippen LogP contribution in [-0.2, 0) is 0 Å². The quantitative estimate of drug-likeness (QED) is 0.207. The molecule has 0 aromatic heterocycles. The van der Waals surface area contributed by atoms with Gasteiger partial charge in [-0.2, -0.15) is 0 Å². The fraction of sp³-hybridized carbons (Fsp3) is 0.364. The first kappa shape index (κ1) is 14.4. The molecule has 0 aromatic carbocycles. The molecule has 18 heavy (non-hydrogen) atoms. The molecule has 0 heterocycles. The summed E-state index contributed by atoms with van der Waals surface area (Å²) in [6.07, 6.45) is 4.59. The summed E-state index contributed by atoms with van der Waals surface area (Å²) in [5, 5.41) is 12.0. The van der Waals surface area contributed by atoms with Gasteiger partial charge < -0.3 is 27.6 Å².